The van der Waals surface area contributed by atoms with E-state index in [0.717, 1.165) is 11.0 Å². The van der Waals surface area contributed by atoms with Gasteiger partial charge in [0.15, 0.2) is 0 Å². The fourth-order valence-electron chi connectivity index (χ4n) is 2.71. The summed E-state index contributed by atoms with van der Waals surface area (Å²) in [6.07, 6.45) is 0.724. The standard InChI is InChI=1S/C17H18N4O3S/c1-10-9-12(15(22)18-7-6-11-5-4-8-25-11)13-14(19-10)20(2)17(24)21(3)16(13)23/h4-5,8-9H,6-7H2,1-3H3,(H,18,22). The molecule has 0 spiro atoms. The van der Waals surface area contributed by atoms with Gasteiger partial charge < -0.3 is 5.32 Å². The molecule has 0 bridgehead atoms. The maximum atomic E-state index is 12.6. The van der Waals surface area contributed by atoms with Gasteiger partial charge in [0.05, 0.1) is 10.9 Å². The summed E-state index contributed by atoms with van der Waals surface area (Å²) in [6, 6.07) is 5.55. The van der Waals surface area contributed by atoms with Crippen molar-refractivity contribution >= 4 is 28.3 Å². The van der Waals surface area contributed by atoms with E-state index in [0.29, 0.717) is 12.2 Å². The maximum absolute atomic E-state index is 12.6. The average molecular weight is 358 g/mol. The van der Waals surface area contributed by atoms with Crippen molar-refractivity contribution in [1.29, 1.82) is 0 Å². The van der Waals surface area contributed by atoms with Gasteiger partial charge in [0.25, 0.3) is 11.5 Å². The number of pyridine rings is 1. The van der Waals surface area contributed by atoms with Crippen molar-refractivity contribution in [3.63, 3.8) is 0 Å². The number of hydrogen-bond donors (Lipinski definition) is 1. The Kier molecular flexibility index (Phi) is 4.54. The molecule has 8 heteroatoms. The van der Waals surface area contributed by atoms with Crippen molar-refractivity contribution in [2.45, 2.75) is 13.3 Å². The number of carbonyl (C=O) groups excluding carboxylic acids is 1. The van der Waals surface area contributed by atoms with E-state index >= 15 is 0 Å². The number of rotatable bonds is 4. The summed E-state index contributed by atoms with van der Waals surface area (Å²) in [5.41, 5.74) is 0.0363. The molecule has 25 heavy (non-hydrogen) atoms. The molecule has 0 aromatic carbocycles. The SMILES string of the molecule is Cc1cc(C(=O)NCCc2cccs2)c2c(=O)n(C)c(=O)n(C)c2n1. The van der Waals surface area contributed by atoms with Gasteiger partial charge in [-0.05, 0) is 30.9 Å². The second-order valence-electron chi connectivity index (χ2n) is 5.80. The third kappa shape index (κ3) is 3.12. The Balaban J connectivity index is 2.02. The van der Waals surface area contributed by atoms with Crippen molar-refractivity contribution in [2.75, 3.05) is 6.54 Å². The Morgan fingerprint density at radius 1 is 1.28 bits per heavy atom. The molecule has 0 atom stereocenters. The Morgan fingerprint density at radius 2 is 2.04 bits per heavy atom. The lowest BCUT2D eigenvalue weighted by Crippen LogP contribution is -2.38. The third-order valence-electron chi connectivity index (χ3n) is 4.02. The van der Waals surface area contributed by atoms with Gasteiger partial charge in [-0.15, -0.1) is 11.3 Å². The molecular weight excluding hydrogens is 340 g/mol. The summed E-state index contributed by atoms with van der Waals surface area (Å²) in [5.74, 6) is -0.345. The van der Waals surface area contributed by atoms with Gasteiger partial charge in [-0.2, -0.15) is 0 Å². The van der Waals surface area contributed by atoms with Crippen molar-refractivity contribution in [3.8, 4) is 0 Å². The van der Waals surface area contributed by atoms with Crippen molar-refractivity contribution in [1.82, 2.24) is 19.4 Å². The van der Waals surface area contributed by atoms with Crippen LogP contribution in [0.3, 0.4) is 0 Å². The van der Waals surface area contributed by atoms with E-state index in [9.17, 15) is 14.4 Å². The van der Waals surface area contributed by atoms with E-state index in [2.05, 4.69) is 10.3 Å². The minimum Gasteiger partial charge on any atom is -0.352 e. The van der Waals surface area contributed by atoms with Gasteiger partial charge in [-0.1, -0.05) is 6.07 Å². The average Bonchev–Trinajstić information content (AvgIpc) is 3.10. The monoisotopic (exact) mass is 358 g/mol. The molecular formula is C17H18N4O3S. The molecule has 7 nitrogen and oxygen atoms in total. The molecule has 3 aromatic rings. The molecule has 0 aliphatic heterocycles. The van der Waals surface area contributed by atoms with Crippen LogP contribution in [0, 0.1) is 6.92 Å². The van der Waals surface area contributed by atoms with E-state index in [-0.39, 0.29) is 22.5 Å². The van der Waals surface area contributed by atoms with Crippen LogP contribution in [0.5, 0.6) is 0 Å². The predicted octanol–water partition coefficient (Wildman–Crippen LogP) is 0.975. The molecule has 1 amide bonds. The second-order valence-corrected chi connectivity index (χ2v) is 6.83. The molecule has 0 radical (unpaired) electrons. The van der Waals surface area contributed by atoms with Gasteiger partial charge in [0, 0.05) is 31.2 Å². The van der Waals surface area contributed by atoms with Crippen LogP contribution in [0.2, 0.25) is 0 Å². The van der Waals surface area contributed by atoms with E-state index in [1.807, 2.05) is 17.5 Å². The molecule has 3 aromatic heterocycles. The number of carbonyl (C=O) groups is 1. The molecule has 3 heterocycles. The van der Waals surface area contributed by atoms with Crippen LogP contribution in [0.1, 0.15) is 20.9 Å². The quantitative estimate of drug-likeness (QED) is 0.753. The number of nitrogens with one attached hydrogen (secondary N) is 1. The molecule has 0 aliphatic rings. The number of fused-ring (bicyclic) bond motifs is 1. The van der Waals surface area contributed by atoms with Crippen molar-refractivity contribution < 1.29 is 4.79 Å². The van der Waals surface area contributed by atoms with Crippen LogP contribution >= 0.6 is 11.3 Å². The minimum absolute atomic E-state index is 0.156. The van der Waals surface area contributed by atoms with E-state index in [4.69, 9.17) is 0 Å². The zero-order valence-electron chi connectivity index (χ0n) is 14.2. The molecule has 0 unspecified atom stereocenters. The summed E-state index contributed by atoms with van der Waals surface area (Å²) in [4.78, 5) is 42.7. The smallest absolute Gasteiger partial charge is 0.332 e. The Hall–Kier alpha value is -2.74. The van der Waals surface area contributed by atoms with Crippen LogP contribution < -0.4 is 16.6 Å². The fraction of sp³-hybridized carbons (Fsp3) is 0.294. The summed E-state index contributed by atoms with van der Waals surface area (Å²) >= 11 is 1.63. The number of aryl methyl sites for hydroxylation is 2. The first-order valence-electron chi connectivity index (χ1n) is 7.78. The van der Waals surface area contributed by atoms with Crippen LogP contribution in [-0.4, -0.2) is 26.6 Å². The van der Waals surface area contributed by atoms with E-state index < -0.39 is 11.2 Å². The molecule has 0 saturated heterocycles. The zero-order valence-corrected chi connectivity index (χ0v) is 15.0. The van der Waals surface area contributed by atoms with E-state index in [1.165, 1.54) is 23.5 Å². The minimum atomic E-state index is -0.519. The highest BCUT2D eigenvalue weighted by atomic mass is 32.1. The summed E-state index contributed by atoms with van der Waals surface area (Å²) in [5, 5.41) is 4.99. The second kappa shape index (κ2) is 6.64. The predicted molar refractivity (Wildman–Crippen MR) is 97.3 cm³/mol. The normalized spacial score (nSPS) is 11.0. The number of thiophene rings is 1. The summed E-state index contributed by atoms with van der Waals surface area (Å²) < 4.78 is 2.27. The highest BCUT2D eigenvalue weighted by Gasteiger charge is 2.18. The maximum Gasteiger partial charge on any atom is 0.332 e. The van der Waals surface area contributed by atoms with Crippen LogP contribution in [-0.2, 0) is 20.5 Å². The van der Waals surface area contributed by atoms with Crippen LogP contribution in [0.15, 0.2) is 33.2 Å². The number of hydrogen-bond acceptors (Lipinski definition) is 5. The number of nitrogens with zero attached hydrogens (tertiary/aromatic N) is 3. The lowest BCUT2D eigenvalue weighted by atomic mass is 10.1. The molecule has 3 rings (SSSR count). The highest BCUT2D eigenvalue weighted by Crippen LogP contribution is 2.14. The molecule has 0 saturated carbocycles. The van der Waals surface area contributed by atoms with Gasteiger partial charge in [-0.25, -0.2) is 9.78 Å². The zero-order chi connectivity index (χ0) is 18.1. The fourth-order valence-corrected chi connectivity index (χ4v) is 3.42. The first-order valence-corrected chi connectivity index (χ1v) is 8.66. The summed E-state index contributed by atoms with van der Waals surface area (Å²) in [7, 11) is 2.93. The molecule has 1 N–H and O–H groups in total. The molecule has 0 aliphatic carbocycles. The van der Waals surface area contributed by atoms with Crippen LogP contribution in [0.4, 0.5) is 0 Å². The molecule has 0 fully saturated rings. The van der Waals surface area contributed by atoms with Crippen LogP contribution in [0.25, 0.3) is 11.0 Å². The van der Waals surface area contributed by atoms with Gasteiger partial charge in [0.2, 0.25) is 0 Å². The first-order chi connectivity index (χ1) is 11.9. The topological polar surface area (TPSA) is 86.0 Å². The van der Waals surface area contributed by atoms with Gasteiger partial charge >= 0.3 is 5.69 Å². The molecule has 130 valence electrons. The largest absolute Gasteiger partial charge is 0.352 e. The van der Waals surface area contributed by atoms with E-state index in [1.54, 1.807) is 24.3 Å². The lowest BCUT2D eigenvalue weighted by molar-refractivity contribution is 0.0955. The van der Waals surface area contributed by atoms with Crippen molar-refractivity contribution in [3.05, 3.63) is 60.6 Å². The van der Waals surface area contributed by atoms with Gasteiger partial charge in [0.1, 0.15) is 5.65 Å². The Bertz CT molecular complexity index is 1060. The Labute approximate surface area is 147 Å². The summed E-state index contributed by atoms with van der Waals surface area (Å²) in [6.45, 7) is 2.19. The first kappa shape index (κ1) is 17.1. The van der Waals surface area contributed by atoms with Gasteiger partial charge in [-0.3, -0.25) is 18.7 Å². The van der Waals surface area contributed by atoms with Crippen molar-refractivity contribution in [2.24, 2.45) is 14.1 Å². The lowest BCUT2D eigenvalue weighted by Gasteiger charge is -2.11. The Morgan fingerprint density at radius 3 is 2.72 bits per heavy atom. The highest BCUT2D eigenvalue weighted by molar-refractivity contribution is 7.09. The number of aromatic nitrogens is 3. The third-order valence-corrected chi connectivity index (χ3v) is 4.96. The number of amides is 1.